The molecule has 0 unspecified atom stereocenters. The summed E-state index contributed by atoms with van der Waals surface area (Å²) >= 11 is 1.32. The maximum absolute atomic E-state index is 12.9. The number of benzene rings is 2. The zero-order chi connectivity index (χ0) is 18.6. The third-order valence-corrected chi connectivity index (χ3v) is 4.97. The first-order valence-electron chi connectivity index (χ1n) is 8.26. The van der Waals surface area contributed by atoms with E-state index in [1.54, 1.807) is 0 Å². The normalized spacial score (nSPS) is 10.9. The standard InChI is InChI=1S/C20H15FN4OS/c21-14-6-8-15(9-7-14)25-17(26)11-27-20-19-18(23-12-24-20)16(10-22-19)13-4-2-1-3-5-13/h1-10,12,22H,11H2,(H,25,26). The van der Waals surface area contributed by atoms with Gasteiger partial charge in [-0.25, -0.2) is 14.4 Å². The molecule has 0 saturated carbocycles. The van der Waals surface area contributed by atoms with Crippen molar-refractivity contribution in [1.29, 1.82) is 0 Å². The van der Waals surface area contributed by atoms with Gasteiger partial charge in [-0.2, -0.15) is 0 Å². The molecule has 0 bridgehead atoms. The second kappa shape index (κ2) is 7.59. The molecular weight excluding hydrogens is 363 g/mol. The van der Waals surface area contributed by atoms with E-state index in [0.29, 0.717) is 10.7 Å². The first kappa shape index (κ1) is 17.2. The Labute approximate surface area is 159 Å². The summed E-state index contributed by atoms with van der Waals surface area (Å²) in [5.41, 5.74) is 4.23. The molecule has 134 valence electrons. The van der Waals surface area contributed by atoms with E-state index in [-0.39, 0.29) is 17.5 Å². The number of hydrogen-bond acceptors (Lipinski definition) is 4. The van der Waals surface area contributed by atoms with Crippen LogP contribution in [0.25, 0.3) is 22.2 Å². The summed E-state index contributed by atoms with van der Waals surface area (Å²) < 4.78 is 12.9. The molecular formula is C20H15FN4OS. The number of aromatic nitrogens is 3. The Bertz CT molecular complexity index is 1080. The van der Waals surface area contributed by atoms with E-state index in [1.807, 2.05) is 36.5 Å². The number of halogens is 1. The molecule has 0 aliphatic heterocycles. The third kappa shape index (κ3) is 3.83. The fourth-order valence-corrected chi connectivity index (χ4v) is 3.49. The van der Waals surface area contributed by atoms with Crippen molar-refractivity contribution in [2.24, 2.45) is 0 Å². The van der Waals surface area contributed by atoms with Crippen molar-refractivity contribution in [2.45, 2.75) is 5.03 Å². The van der Waals surface area contributed by atoms with E-state index in [1.165, 1.54) is 42.4 Å². The van der Waals surface area contributed by atoms with Gasteiger partial charge in [-0.3, -0.25) is 4.79 Å². The number of hydrogen-bond donors (Lipinski definition) is 2. The third-order valence-electron chi connectivity index (χ3n) is 3.98. The van der Waals surface area contributed by atoms with Gasteiger partial charge in [0.25, 0.3) is 0 Å². The van der Waals surface area contributed by atoms with E-state index >= 15 is 0 Å². The summed E-state index contributed by atoms with van der Waals surface area (Å²) in [6, 6.07) is 15.6. The van der Waals surface area contributed by atoms with Crippen LogP contribution in [0, 0.1) is 5.82 Å². The molecule has 0 saturated heterocycles. The molecule has 4 aromatic rings. The number of carbonyl (C=O) groups is 1. The van der Waals surface area contributed by atoms with Gasteiger partial charge in [0.05, 0.1) is 11.3 Å². The zero-order valence-electron chi connectivity index (χ0n) is 14.1. The van der Waals surface area contributed by atoms with Crippen LogP contribution in [0.3, 0.4) is 0 Å². The number of nitrogens with zero attached hydrogens (tertiary/aromatic N) is 2. The predicted molar refractivity (Wildman–Crippen MR) is 105 cm³/mol. The van der Waals surface area contributed by atoms with Gasteiger partial charge in [-0.1, -0.05) is 42.1 Å². The SMILES string of the molecule is O=C(CSc1ncnc2c(-c3ccccc3)c[nH]c12)Nc1ccc(F)cc1. The van der Waals surface area contributed by atoms with Gasteiger partial charge in [-0.15, -0.1) is 0 Å². The predicted octanol–water partition coefficient (Wildman–Crippen LogP) is 4.49. The van der Waals surface area contributed by atoms with E-state index in [4.69, 9.17) is 0 Å². The van der Waals surface area contributed by atoms with Crippen molar-refractivity contribution in [2.75, 3.05) is 11.1 Å². The average molecular weight is 378 g/mol. The largest absolute Gasteiger partial charge is 0.357 e. The number of fused-ring (bicyclic) bond motifs is 1. The van der Waals surface area contributed by atoms with Gasteiger partial charge >= 0.3 is 0 Å². The van der Waals surface area contributed by atoms with Crippen LogP contribution in [0.1, 0.15) is 0 Å². The van der Waals surface area contributed by atoms with Crippen molar-refractivity contribution < 1.29 is 9.18 Å². The van der Waals surface area contributed by atoms with Crippen molar-refractivity contribution in [3.63, 3.8) is 0 Å². The van der Waals surface area contributed by atoms with Crippen LogP contribution in [-0.2, 0) is 4.79 Å². The van der Waals surface area contributed by atoms with E-state index in [2.05, 4.69) is 20.3 Å². The van der Waals surface area contributed by atoms with Crippen LogP contribution in [0.5, 0.6) is 0 Å². The number of aromatic amines is 1. The average Bonchev–Trinajstić information content (AvgIpc) is 3.13. The molecule has 7 heteroatoms. The second-order valence-corrected chi connectivity index (χ2v) is 6.78. The highest BCUT2D eigenvalue weighted by Crippen LogP contribution is 2.31. The van der Waals surface area contributed by atoms with Crippen LogP contribution in [-0.4, -0.2) is 26.6 Å². The van der Waals surface area contributed by atoms with E-state index in [0.717, 1.165) is 22.2 Å². The van der Waals surface area contributed by atoms with Crippen molar-refractivity contribution in [3.8, 4) is 11.1 Å². The topological polar surface area (TPSA) is 70.7 Å². The lowest BCUT2D eigenvalue weighted by Gasteiger charge is -2.05. The Balaban J connectivity index is 1.50. The fraction of sp³-hybridized carbons (Fsp3) is 0.0500. The number of H-pyrrole nitrogens is 1. The Morgan fingerprint density at radius 1 is 1.07 bits per heavy atom. The summed E-state index contributed by atoms with van der Waals surface area (Å²) in [4.78, 5) is 24.1. The fourth-order valence-electron chi connectivity index (χ4n) is 2.73. The summed E-state index contributed by atoms with van der Waals surface area (Å²) in [5.74, 6) is -0.344. The van der Waals surface area contributed by atoms with Crippen LogP contribution < -0.4 is 5.32 Å². The van der Waals surface area contributed by atoms with Crippen LogP contribution in [0.4, 0.5) is 10.1 Å². The summed E-state index contributed by atoms with van der Waals surface area (Å²) in [7, 11) is 0. The Hall–Kier alpha value is -3.19. The molecule has 27 heavy (non-hydrogen) atoms. The molecule has 0 atom stereocenters. The molecule has 4 rings (SSSR count). The minimum absolute atomic E-state index is 0.184. The molecule has 2 aromatic heterocycles. The Kier molecular flexibility index (Phi) is 4.84. The van der Waals surface area contributed by atoms with Gasteiger partial charge in [0.2, 0.25) is 5.91 Å². The van der Waals surface area contributed by atoms with E-state index in [9.17, 15) is 9.18 Å². The molecule has 2 aromatic carbocycles. The molecule has 0 aliphatic rings. The summed E-state index contributed by atoms with van der Waals surface area (Å²) in [6.07, 6.45) is 3.40. The number of amides is 1. The quantitative estimate of drug-likeness (QED) is 0.396. The Morgan fingerprint density at radius 2 is 1.85 bits per heavy atom. The molecule has 0 spiro atoms. The van der Waals surface area contributed by atoms with Crippen molar-refractivity contribution in [3.05, 3.63) is 72.9 Å². The lowest BCUT2D eigenvalue weighted by Crippen LogP contribution is -2.14. The molecule has 0 fully saturated rings. The molecule has 0 aliphatic carbocycles. The summed E-state index contributed by atoms with van der Waals surface area (Å²) in [5, 5.41) is 3.44. The minimum atomic E-state index is -0.341. The maximum atomic E-state index is 12.9. The summed E-state index contributed by atoms with van der Waals surface area (Å²) in [6.45, 7) is 0. The van der Waals surface area contributed by atoms with Gasteiger partial charge in [0, 0.05) is 17.4 Å². The minimum Gasteiger partial charge on any atom is -0.357 e. The molecule has 5 nitrogen and oxygen atoms in total. The highest BCUT2D eigenvalue weighted by atomic mass is 32.2. The van der Waals surface area contributed by atoms with Crippen LogP contribution in [0.2, 0.25) is 0 Å². The molecule has 1 amide bonds. The first-order chi connectivity index (χ1) is 13.2. The number of rotatable bonds is 5. The lowest BCUT2D eigenvalue weighted by atomic mass is 10.1. The van der Waals surface area contributed by atoms with E-state index < -0.39 is 0 Å². The number of nitrogens with one attached hydrogen (secondary N) is 2. The van der Waals surface area contributed by atoms with Crippen LogP contribution in [0.15, 0.2) is 72.1 Å². The lowest BCUT2D eigenvalue weighted by molar-refractivity contribution is -0.113. The number of thioether (sulfide) groups is 1. The molecule has 2 heterocycles. The monoisotopic (exact) mass is 378 g/mol. The van der Waals surface area contributed by atoms with Gasteiger partial charge in [-0.05, 0) is 29.8 Å². The highest BCUT2D eigenvalue weighted by molar-refractivity contribution is 8.00. The number of carbonyl (C=O) groups excluding carboxylic acids is 1. The van der Waals surface area contributed by atoms with Gasteiger partial charge in [0.15, 0.2) is 0 Å². The number of anilines is 1. The molecule has 2 N–H and O–H groups in total. The smallest absolute Gasteiger partial charge is 0.234 e. The first-order valence-corrected chi connectivity index (χ1v) is 9.25. The maximum Gasteiger partial charge on any atom is 0.234 e. The second-order valence-electron chi connectivity index (χ2n) is 5.81. The van der Waals surface area contributed by atoms with Gasteiger partial charge < -0.3 is 10.3 Å². The zero-order valence-corrected chi connectivity index (χ0v) is 15.0. The molecule has 0 radical (unpaired) electrons. The van der Waals surface area contributed by atoms with Crippen LogP contribution >= 0.6 is 11.8 Å². The Morgan fingerprint density at radius 3 is 2.63 bits per heavy atom. The van der Waals surface area contributed by atoms with Crippen molar-refractivity contribution in [1.82, 2.24) is 15.0 Å². The highest BCUT2D eigenvalue weighted by Gasteiger charge is 2.13. The van der Waals surface area contributed by atoms with Gasteiger partial charge in [0.1, 0.15) is 22.7 Å². The van der Waals surface area contributed by atoms with Crippen molar-refractivity contribution >= 4 is 34.4 Å².